The van der Waals surface area contributed by atoms with Gasteiger partial charge >= 0.3 is 0 Å². The summed E-state index contributed by atoms with van der Waals surface area (Å²) in [6, 6.07) is 8.97. The first-order valence-corrected chi connectivity index (χ1v) is 14.2. The Balaban J connectivity index is 1.49. The maximum absolute atomic E-state index is 13.0. The van der Waals surface area contributed by atoms with Crippen LogP contribution in [-0.2, 0) is 15.3 Å². The number of hydrogen-bond donors (Lipinski definition) is 4. The van der Waals surface area contributed by atoms with E-state index in [1.807, 2.05) is 30.3 Å². The molecule has 14 heteroatoms. The molecule has 0 saturated carbocycles. The smallest absolute Gasteiger partial charge is 0.294 e. The largest absolute Gasteiger partial charge is 0.360 e. The lowest BCUT2D eigenvalue weighted by molar-refractivity contribution is -0.127. The quantitative estimate of drug-likeness (QED) is 0.148. The second-order valence-electron chi connectivity index (χ2n) is 8.35. The molecule has 0 aliphatic heterocycles. The summed E-state index contributed by atoms with van der Waals surface area (Å²) >= 11 is 2.62. The Labute approximate surface area is 233 Å². The van der Waals surface area contributed by atoms with Crippen molar-refractivity contribution in [3.63, 3.8) is 0 Å². The lowest BCUT2D eigenvalue weighted by Crippen LogP contribution is -2.40. The molecule has 1 aromatic carbocycles. The van der Waals surface area contributed by atoms with Crippen molar-refractivity contribution < 1.29 is 14.1 Å². The van der Waals surface area contributed by atoms with Gasteiger partial charge in [-0.15, -0.1) is 11.8 Å². The fourth-order valence-corrected chi connectivity index (χ4v) is 4.94. The van der Waals surface area contributed by atoms with Crippen LogP contribution in [0.3, 0.4) is 0 Å². The molecule has 1 unspecified atom stereocenters. The summed E-state index contributed by atoms with van der Waals surface area (Å²) in [4.78, 5) is 46.2. The van der Waals surface area contributed by atoms with Crippen LogP contribution in [0, 0.1) is 17.7 Å². The zero-order chi connectivity index (χ0) is 28.2. The molecule has 39 heavy (non-hydrogen) atoms. The Kier molecular flexibility index (Phi) is 11.4. The van der Waals surface area contributed by atoms with E-state index in [1.54, 1.807) is 13.8 Å². The van der Waals surface area contributed by atoms with Crippen LogP contribution in [0.4, 0.5) is 5.82 Å². The number of ketones is 1. The lowest BCUT2D eigenvalue weighted by Gasteiger charge is -2.18. The lowest BCUT2D eigenvalue weighted by atomic mass is 10.2. The number of aryl methyl sites for hydroxylation is 1. The van der Waals surface area contributed by atoms with Gasteiger partial charge in [0, 0.05) is 23.9 Å². The fraction of sp³-hybridized carbons (Fsp3) is 0.360. The van der Waals surface area contributed by atoms with Crippen LogP contribution >= 0.6 is 23.5 Å². The zero-order valence-electron chi connectivity index (χ0n) is 21.6. The maximum atomic E-state index is 13.0. The molecule has 206 valence electrons. The third-order valence-electron chi connectivity index (χ3n) is 5.37. The predicted octanol–water partition coefficient (Wildman–Crippen LogP) is 2.75. The van der Waals surface area contributed by atoms with Gasteiger partial charge in [-0.25, -0.2) is 4.98 Å². The number of carbonyl (C=O) groups excluding carboxylic acids is 2. The first-order chi connectivity index (χ1) is 18.8. The normalized spacial score (nSPS) is 11.5. The monoisotopic (exact) mass is 570 g/mol. The van der Waals surface area contributed by atoms with Crippen LogP contribution in [0.15, 0.2) is 57.3 Å². The molecular weight excluding hydrogens is 540 g/mol. The molecule has 0 radical (unpaired) electrons. The third-order valence-corrected chi connectivity index (χ3v) is 7.28. The number of amides is 1. The van der Waals surface area contributed by atoms with Crippen molar-refractivity contribution in [2.24, 2.45) is 0 Å². The van der Waals surface area contributed by atoms with E-state index in [9.17, 15) is 14.4 Å². The second kappa shape index (κ2) is 15.0. The summed E-state index contributed by atoms with van der Waals surface area (Å²) in [7, 11) is 0. The highest BCUT2D eigenvalue weighted by atomic mass is 32.2. The Morgan fingerprint density at radius 3 is 2.59 bits per heavy atom. The van der Waals surface area contributed by atoms with Crippen LogP contribution in [0.1, 0.15) is 30.8 Å². The van der Waals surface area contributed by atoms with E-state index in [0.29, 0.717) is 23.2 Å². The zero-order valence-corrected chi connectivity index (χ0v) is 23.2. The van der Waals surface area contributed by atoms with Crippen LogP contribution in [0.5, 0.6) is 0 Å². The number of carbonyl (C=O) groups is 2. The molecule has 3 rings (SSSR count). The molecule has 1 amide bonds. The molecule has 3 aromatic rings. The fourth-order valence-electron chi connectivity index (χ4n) is 3.35. The first kappa shape index (κ1) is 29.8. The Bertz CT molecular complexity index is 1360. The Morgan fingerprint density at radius 1 is 1.13 bits per heavy atom. The highest BCUT2D eigenvalue weighted by Crippen LogP contribution is 2.15. The van der Waals surface area contributed by atoms with Crippen molar-refractivity contribution in [1.29, 1.82) is 10.8 Å². The van der Waals surface area contributed by atoms with Gasteiger partial charge in [0.1, 0.15) is 6.04 Å². The molecule has 2 aromatic heterocycles. The SMILES string of the molecule is CCC(C(=O)NCC(=O)CSCc1ccccc1)n1ccnc(NCC(=N)C(=N)CSc2nc(C)no2)c1=O. The van der Waals surface area contributed by atoms with E-state index >= 15 is 0 Å². The number of nitrogens with zero attached hydrogens (tertiary/aromatic N) is 4. The van der Waals surface area contributed by atoms with Crippen LogP contribution in [-0.4, -0.2) is 67.4 Å². The second-order valence-corrected chi connectivity index (χ2v) is 10.3. The van der Waals surface area contributed by atoms with E-state index in [2.05, 4.69) is 25.8 Å². The molecule has 2 heterocycles. The molecule has 0 bridgehead atoms. The minimum Gasteiger partial charge on any atom is -0.360 e. The van der Waals surface area contributed by atoms with Gasteiger partial charge in [-0.3, -0.25) is 19.0 Å². The average Bonchev–Trinajstić information content (AvgIpc) is 3.36. The molecule has 0 aliphatic rings. The number of nitrogens with one attached hydrogen (secondary N) is 4. The maximum Gasteiger partial charge on any atom is 0.294 e. The van der Waals surface area contributed by atoms with Gasteiger partial charge in [0.2, 0.25) is 5.91 Å². The molecule has 1 atom stereocenters. The molecule has 0 fully saturated rings. The minimum atomic E-state index is -0.835. The van der Waals surface area contributed by atoms with Gasteiger partial charge in [-0.1, -0.05) is 54.2 Å². The van der Waals surface area contributed by atoms with Crippen LogP contribution in [0.25, 0.3) is 0 Å². The van der Waals surface area contributed by atoms with Gasteiger partial charge in [0.15, 0.2) is 17.4 Å². The summed E-state index contributed by atoms with van der Waals surface area (Å²) in [6.07, 6.45) is 3.11. The van der Waals surface area contributed by atoms with Gasteiger partial charge in [-0.05, 0) is 18.9 Å². The standard InChI is InChI=1S/C25H30N8O4S2/c1-3-21(23(35)30-11-18(34)14-38-13-17-7-5-4-6-8-17)33-10-9-28-22(24(33)36)29-12-19(26)20(27)15-39-25-31-16(2)32-37-25/h4-10,21,26-27H,3,11-15H2,1-2H3,(H,28,29)(H,30,35). The average molecular weight is 571 g/mol. The van der Waals surface area contributed by atoms with Gasteiger partial charge in [-0.2, -0.15) is 4.98 Å². The van der Waals surface area contributed by atoms with Crippen molar-refractivity contribution in [2.45, 2.75) is 37.3 Å². The molecule has 12 nitrogen and oxygen atoms in total. The first-order valence-electron chi connectivity index (χ1n) is 12.1. The number of anilines is 1. The van der Waals surface area contributed by atoms with Crippen molar-refractivity contribution in [3.8, 4) is 0 Å². The van der Waals surface area contributed by atoms with Crippen LogP contribution < -0.4 is 16.2 Å². The van der Waals surface area contributed by atoms with Crippen molar-refractivity contribution in [2.75, 3.05) is 29.9 Å². The van der Waals surface area contributed by atoms with Crippen molar-refractivity contribution >= 4 is 52.5 Å². The van der Waals surface area contributed by atoms with Gasteiger partial charge in [0.05, 0.1) is 30.3 Å². The van der Waals surface area contributed by atoms with Crippen LogP contribution in [0.2, 0.25) is 0 Å². The molecule has 4 N–H and O–H groups in total. The topological polar surface area (TPSA) is 180 Å². The number of benzene rings is 1. The van der Waals surface area contributed by atoms with E-state index < -0.39 is 17.5 Å². The highest BCUT2D eigenvalue weighted by molar-refractivity contribution is 7.99. The predicted molar refractivity (Wildman–Crippen MR) is 152 cm³/mol. The summed E-state index contributed by atoms with van der Waals surface area (Å²) in [6.45, 7) is 3.22. The summed E-state index contributed by atoms with van der Waals surface area (Å²) in [5.74, 6) is 0.997. The van der Waals surface area contributed by atoms with E-state index in [1.165, 1.54) is 28.7 Å². The van der Waals surface area contributed by atoms with Crippen molar-refractivity contribution in [1.82, 2.24) is 25.0 Å². The van der Waals surface area contributed by atoms with Gasteiger partial charge in [0.25, 0.3) is 10.8 Å². The number of hydrogen-bond acceptors (Lipinski definition) is 12. The molecule has 0 saturated heterocycles. The number of Topliss-reactive ketones (excluding diaryl/α,β-unsaturated/α-hetero) is 1. The highest BCUT2D eigenvalue weighted by Gasteiger charge is 2.22. The van der Waals surface area contributed by atoms with E-state index in [0.717, 1.165) is 17.3 Å². The molecular formula is C25H30N8O4S2. The third kappa shape index (κ3) is 9.18. The number of rotatable bonds is 16. The van der Waals surface area contributed by atoms with E-state index in [4.69, 9.17) is 15.3 Å². The summed E-state index contributed by atoms with van der Waals surface area (Å²) < 4.78 is 6.23. The van der Waals surface area contributed by atoms with E-state index in [-0.39, 0.29) is 47.6 Å². The Morgan fingerprint density at radius 2 is 1.90 bits per heavy atom. The van der Waals surface area contributed by atoms with Gasteiger partial charge < -0.3 is 26.0 Å². The molecule has 0 aliphatic carbocycles. The Hall–Kier alpha value is -3.78. The van der Waals surface area contributed by atoms with Crippen molar-refractivity contribution in [3.05, 3.63) is 64.5 Å². The summed E-state index contributed by atoms with van der Waals surface area (Å²) in [5, 5.41) is 25.6. The minimum absolute atomic E-state index is 0.0250. The number of aromatic nitrogens is 4. The summed E-state index contributed by atoms with van der Waals surface area (Å²) in [5.41, 5.74) is 0.566. The number of thioether (sulfide) groups is 2. The molecule has 0 spiro atoms.